The second-order valence-corrected chi connectivity index (χ2v) is 10.0. The van der Waals surface area contributed by atoms with Crippen LogP contribution in [0.1, 0.15) is 39.7 Å². The number of hydrogen-bond donors (Lipinski definition) is 0. The van der Waals surface area contributed by atoms with Gasteiger partial charge in [0.1, 0.15) is 12.1 Å². The molecule has 0 N–H and O–H groups in total. The average Bonchev–Trinajstić information content (AvgIpc) is 3.60. The number of aryl methyl sites for hydroxylation is 1. The molecular formula is C31H24ClN7O3. The minimum Gasteiger partial charge on any atom is -0.496 e. The lowest BCUT2D eigenvalue weighted by molar-refractivity contribution is 0.126. The maximum atomic E-state index is 6.49. The van der Waals surface area contributed by atoms with Gasteiger partial charge >= 0.3 is 0 Å². The maximum Gasteiger partial charge on any atom is 0.230 e. The average molecular weight is 578 g/mol. The van der Waals surface area contributed by atoms with Crippen LogP contribution < -0.4 is 9.47 Å². The van der Waals surface area contributed by atoms with Crippen LogP contribution in [0.15, 0.2) is 90.3 Å². The van der Waals surface area contributed by atoms with E-state index in [2.05, 4.69) is 15.2 Å². The Kier molecular flexibility index (Phi) is 6.52. The SMILES string of the molecule is COc1ccccc1[C@@H]1c2c(C)nn(-c3ccccc3)c2Oc2ncn3nc(CO/N=C\c4ccccc4Cl)nc3c21. The topological polar surface area (TPSA) is 101 Å². The number of hydrogen-bond acceptors (Lipinski definition) is 8. The van der Waals surface area contributed by atoms with Crippen molar-refractivity contribution < 1.29 is 14.3 Å². The molecule has 3 aromatic heterocycles. The minimum atomic E-state index is -0.343. The van der Waals surface area contributed by atoms with Crippen molar-refractivity contribution in [2.45, 2.75) is 19.4 Å². The number of oxime groups is 1. The van der Waals surface area contributed by atoms with Crippen molar-refractivity contribution in [2.75, 3.05) is 7.11 Å². The van der Waals surface area contributed by atoms with Gasteiger partial charge in [0, 0.05) is 16.1 Å². The zero-order chi connectivity index (χ0) is 28.6. The molecule has 0 saturated carbocycles. The molecule has 3 aromatic carbocycles. The van der Waals surface area contributed by atoms with Crippen LogP contribution in [0.2, 0.25) is 5.02 Å². The number of nitrogens with zero attached hydrogens (tertiary/aromatic N) is 7. The fraction of sp³-hybridized carbons (Fsp3) is 0.129. The third-order valence-electron chi connectivity index (χ3n) is 7.08. The molecule has 1 aliphatic rings. The number of aromatic nitrogens is 6. The van der Waals surface area contributed by atoms with Gasteiger partial charge in [0.05, 0.1) is 41.8 Å². The molecule has 0 spiro atoms. The van der Waals surface area contributed by atoms with Gasteiger partial charge in [-0.05, 0) is 31.2 Å². The van der Waals surface area contributed by atoms with E-state index in [1.54, 1.807) is 30.2 Å². The Morgan fingerprint density at radius 3 is 2.60 bits per heavy atom. The summed E-state index contributed by atoms with van der Waals surface area (Å²) in [4.78, 5) is 15.0. The maximum absolute atomic E-state index is 6.49. The van der Waals surface area contributed by atoms with Crippen molar-refractivity contribution in [3.63, 3.8) is 0 Å². The molecule has 0 amide bonds. The van der Waals surface area contributed by atoms with E-state index in [1.807, 2.05) is 84.4 Å². The number of halogens is 1. The predicted octanol–water partition coefficient (Wildman–Crippen LogP) is 6.12. The molecule has 0 radical (unpaired) electrons. The van der Waals surface area contributed by atoms with Gasteiger partial charge in [-0.1, -0.05) is 71.4 Å². The van der Waals surface area contributed by atoms with E-state index in [-0.39, 0.29) is 12.5 Å². The largest absolute Gasteiger partial charge is 0.496 e. The molecule has 42 heavy (non-hydrogen) atoms. The van der Waals surface area contributed by atoms with Gasteiger partial charge in [-0.3, -0.25) is 0 Å². The van der Waals surface area contributed by atoms with Crippen molar-refractivity contribution in [3.05, 3.63) is 124 Å². The molecule has 0 aliphatic carbocycles. The van der Waals surface area contributed by atoms with E-state index in [1.165, 1.54) is 0 Å². The molecule has 6 aromatic rings. The first kappa shape index (κ1) is 25.7. The number of ether oxygens (including phenoxy) is 2. The first-order valence-electron chi connectivity index (χ1n) is 13.2. The third-order valence-corrected chi connectivity index (χ3v) is 7.42. The van der Waals surface area contributed by atoms with Crippen molar-refractivity contribution in [1.82, 2.24) is 29.4 Å². The molecule has 1 aliphatic heterocycles. The lowest BCUT2D eigenvalue weighted by Crippen LogP contribution is -2.16. The summed E-state index contributed by atoms with van der Waals surface area (Å²) < 4.78 is 15.7. The van der Waals surface area contributed by atoms with E-state index >= 15 is 0 Å². The summed E-state index contributed by atoms with van der Waals surface area (Å²) in [7, 11) is 1.66. The Morgan fingerprint density at radius 2 is 1.76 bits per heavy atom. The third kappa shape index (κ3) is 4.42. The van der Waals surface area contributed by atoms with Gasteiger partial charge in [0.15, 0.2) is 18.1 Å². The lowest BCUT2D eigenvalue weighted by atomic mass is 9.84. The first-order valence-corrected chi connectivity index (χ1v) is 13.6. The summed E-state index contributed by atoms with van der Waals surface area (Å²) in [5.41, 5.74) is 5.61. The normalized spacial score (nSPS) is 14.0. The highest BCUT2D eigenvalue weighted by Crippen LogP contribution is 2.51. The van der Waals surface area contributed by atoms with Crippen LogP contribution in [0.25, 0.3) is 11.3 Å². The number of methoxy groups -OCH3 is 1. The van der Waals surface area contributed by atoms with Gasteiger partial charge < -0.3 is 14.3 Å². The molecule has 0 fully saturated rings. The fourth-order valence-corrected chi connectivity index (χ4v) is 5.40. The van der Waals surface area contributed by atoms with Crippen LogP contribution in [0.3, 0.4) is 0 Å². The molecule has 11 heteroatoms. The van der Waals surface area contributed by atoms with Crippen LogP contribution in [-0.2, 0) is 11.4 Å². The molecule has 4 heterocycles. The monoisotopic (exact) mass is 577 g/mol. The standard InChI is InChI=1S/C31H24ClN7O3/c1-19-26-27(22-13-7-9-15-24(22)40-2)28-29-35-25(17-41-34-16-20-10-6-8-14-23(20)32)37-38(29)18-33-30(28)42-31(26)39(36-19)21-11-4-3-5-12-21/h3-16,18,27H,17H2,1-2H3/b34-16-/t27-/m1/s1. The molecule has 208 valence electrons. The Labute approximate surface area is 245 Å². The summed E-state index contributed by atoms with van der Waals surface area (Å²) in [5.74, 6) is 1.83. The van der Waals surface area contributed by atoms with E-state index in [9.17, 15) is 0 Å². The predicted molar refractivity (Wildman–Crippen MR) is 157 cm³/mol. The highest BCUT2D eigenvalue weighted by Gasteiger charge is 2.39. The van der Waals surface area contributed by atoms with Crippen LogP contribution in [0, 0.1) is 6.92 Å². The van der Waals surface area contributed by atoms with Crippen molar-refractivity contribution >= 4 is 23.5 Å². The van der Waals surface area contributed by atoms with Gasteiger partial charge in [-0.2, -0.15) is 5.10 Å². The first-order chi connectivity index (χ1) is 20.6. The van der Waals surface area contributed by atoms with Crippen molar-refractivity contribution in [1.29, 1.82) is 0 Å². The summed E-state index contributed by atoms with van der Waals surface area (Å²) in [5, 5.41) is 14.1. The molecule has 10 nitrogen and oxygen atoms in total. The molecule has 0 saturated heterocycles. The Morgan fingerprint density at radius 1 is 0.976 bits per heavy atom. The molecule has 0 bridgehead atoms. The number of para-hydroxylation sites is 2. The number of benzene rings is 3. The van der Waals surface area contributed by atoms with Crippen LogP contribution >= 0.6 is 11.6 Å². The molecular weight excluding hydrogens is 554 g/mol. The second-order valence-electron chi connectivity index (χ2n) is 9.62. The zero-order valence-corrected chi connectivity index (χ0v) is 23.4. The van der Waals surface area contributed by atoms with E-state index in [0.29, 0.717) is 28.3 Å². The molecule has 0 unspecified atom stereocenters. The summed E-state index contributed by atoms with van der Waals surface area (Å²) >= 11 is 6.20. The zero-order valence-electron chi connectivity index (χ0n) is 22.7. The highest BCUT2D eigenvalue weighted by atomic mass is 35.5. The Balaban J connectivity index is 1.32. The highest BCUT2D eigenvalue weighted by molar-refractivity contribution is 6.33. The summed E-state index contributed by atoms with van der Waals surface area (Å²) in [6.07, 6.45) is 3.14. The van der Waals surface area contributed by atoms with E-state index < -0.39 is 0 Å². The lowest BCUT2D eigenvalue weighted by Gasteiger charge is -2.27. The van der Waals surface area contributed by atoms with Gasteiger partial charge in [0.2, 0.25) is 11.8 Å². The molecule has 7 rings (SSSR count). The Bertz CT molecular complexity index is 1950. The smallest absolute Gasteiger partial charge is 0.230 e. The van der Waals surface area contributed by atoms with Crippen molar-refractivity contribution in [2.24, 2.45) is 5.16 Å². The second kappa shape index (κ2) is 10.6. The Hall–Kier alpha value is -5.22. The molecule has 1 atom stereocenters. The van der Waals surface area contributed by atoms with Gasteiger partial charge in [-0.15, -0.1) is 5.10 Å². The van der Waals surface area contributed by atoms with Crippen LogP contribution in [-0.4, -0.2) is 42.7 Å². The minimum absolute atomic E-state index is 0.0494. The van der Waals surface area contributed by atoms with Gasteiger partial charge in [-0.25, -0.2) is 19.2 Å². The summed E-state index contributed by atoms with van der Waals surface area (Å²) in [6.45, 7) is 2.02. The fourth-order valence-electron chi connectivity index (χ4n) is 5.21. The number of rotatable bonds is 7. The van der Waals surface area contributed by atoms with Crippen LogP contribution in [0.4, 0.5) is 0 Å². The van der Waals surface area contributed by atoms with Crippen molar-refractivity contribution in [3.8, 4) is 23.2 Å². The summed E-state index contributed by atoms with van der Waals surface area (Å²) in [6, 6.07) is 25.1. The number of fused-ring (bicyclic) bond motifs is 4. The van der Waals surface area contributed by atoms with Crippen LogP contribution in [0.5, 0.6) is 17.5 Å². The van der Waals surface area contributed by atoms with E-state index in [0.717, 1.165) is 39.4 Å². The van der Waals surface area contributed by atoms with Gasteiger partial charge in [0.25, 0.3) is 0 Å². The van der Waals surface area contributed by atoms with E-state index in [4.69, 9.17) is 36.0 Å². The quantitative estimate of drug-likeness (QED) is 0.166.